The Labute approximate surface area is 190 Å². The van der Waals surface area contributed by atoms with Crippen molar-refractivity contribution in [3.63, 3.8) is 0 Å². The van der Waals surface area contributed by atoms with Crippen LogP contribution in [0.2, 0.25) is 0 Å². The normalized spacial score (nSPS) is 10.9. The molecule has 0 radical (unpaired) electrons. The minimum Gasteiger partial charge on any atom is -0.309 e. The van der Waals surface area contributed by atoms with Gasteiger partial charge in [0.1, 0.15) is 0 Å². The average Bonchev–Trinajstić information content (AvgIpc) is 3.01. The van der Waals surface area contributed by atoms with Gasteiger partial charge in [-0.1, -0.05) is 23.5 Å². The molecule has 0 aliphatic heterocycles. The molecule has 0 aliphatic rings. The van der Waals surface area contributed by atoms with E-state index in [0.717, 1.165) is 37.4 Å². The summed E-state index contributed by atoms with van der Waals surface area (Å²) in [5.74, 6) is 0.0197. The third-order valence-corrected chi connectivity index (χ3v) is 6.54. The van der Waals surface area contributed by atoms with Gasteiger partial charge in [-0.2, -0.15) is 0 Å². The first kappa shape index (κ1) is 23.1. The maximum absolute atomic E-state index is 13.3. The molecule has 0 saturated heterocycles. The minimum atomic E-state index is 0. The van der Waals surface area contributed by atoms with Gasteiger partial charge in [0, 0.05) is 10.1 Å². The highest BCUT2D eigenvalue weighted by atomic mass is 127. The number of carbonyl (C=O) groups is 1. The van der Waals surface area contributed by atoms with Crippen molar-refractivity contribution < 1.29 is 4.79 Å². The zero-order valence-electron chi connectivity index (χ0n) is 16.5. The van der Waals surface area contributed by atoms with Gasteiger partial charge >= 0.3 is 0 Å². The van der Waals surface area contributed by atoms with E-state index in [0.29, 0.717) is 6.54 Å². The molecule has 1 aromatic heterocycles. The largest absolute Gasteiger partial charge is 0.309 e. The molecule has 0 spiro atoms. The molecule has 150 valence electrons. The Balaban J connectivity index is 0.00000280. The fraction of sp³-hybridized carbons (Fsp3) is 0.333. The van der Waals surface area contributed by atoms with Crippen LogP contribution >= 0.6 is 46.3 Å². The lowest BCUT2D eigenvalue weighted by Crippen LogP contribution is -2.33. The van der Waals surface area contributed by atoms with Crippen LogP contribution in [0.15, 0.2) is 36.4 Å². The van der Waals surface area contributed by atoms with Crippen LogP contribution < -0.4 is 4.90 Å². The van der Waals surface area contributed by atoms with Crippen LogP contribution in [0.5, 0.6) is 0 Å². The first-order valence-corrected chi connectivity index (χ1v) is 10.8. The Morgan fingerprint density at radius 2 is 1.79 bits per heavy atom. The summed E-state index contributed by atoms with van der Waals surface area (Å²) in [6.07, 6.45) is 0.899. The van der Waals surface area contributed by atoms with Gasteiger partial charge in [0.25, 0.3) is 5.91 Å². The highest BCUT2D eigenvalue weighted by Crippen LogP contribution is 2.32. The van der Waals surface area contributed by atoms with Crippen molar-refractivity contribution in [2.24, 2.45) is 0 Å². The van der Waals surface area contributed by atoms with Crippen molar-refractivity contribution in [3.05, 3.63) is 56.7 Å². The summed E-state index contributed by atoms with van der Waals surface area (Å²) in [7, 11) is 4.10. The summed E-state index contributed by atoms with van der Waals surface area (Å²) < 4.78 is 2.09. The van der Waals surface area contributed by atoms with Crippen LogP contribution in [0.3, 0.4) is 0 Å². The predicted octanol–water partition coefficient (Wildman–Crippen LogP) is 5.54. The Bertz CT molecular complexity index is 934. The van der Waals surface area contributed by atoms with Crippen molar-refractivity contribution in [2.75, 3.05) is 32.1 Å². The van der Waals surface area contributed by atoms with Gasteiger partial charge in [0.05, 0.1) is 15.8 Å². The van der Waals surface area contributed by atoms with Crippen LogP contribution in [-0.4, -0.2) is 43.0 Å². The number of anilines is 1. The molecule has 3 rings (SSSR count). The Kier molecular flexibility index (Phi) is 8.24. The molecule has 1 amide bonds. The second kappa shape index (κ2) is 10.0. The van der Waals surface area contributed by atoms with Crippen molar-refractivity contribution in [1.29, 1.82) is 0 Å². The van der Waals surface area contributed by atoms with Crippen LogP contribution in [0, 0.1) is 17.4 Å². The summed E-state index contributed by atoms with van der Waals surface area (Å²) in [5.41, 5.74) is 4.17. The first-order valence-electron chi connectivity index (χ1n) is 8.95. The number of nitrogens with zero attached hydrogens (tertiary/aromatic N) is 3. The molecule has 0 fully saturated rings. The van der Waals surface area contributed by atoms with E-state index in [2.05, 4.69) is 67.6 Å². The van der Waals surface area contributed by atoms with Gasteiger partial charge in [-0.05, 0) is 98.9 Å². The second-order valence-corrected chi connectivity index (χ2v) is 9.17. The van der Waals surface area contributed by atoms with Crippen molar-refractivity contribution >= 4 is 67.6 Å². The molecule has 0 saturated carbocycles. The number of aromatic nitrogens is 1. The lowest BCUT2D eigenvalue weighted by atomic mass is 10.1. The number of hydrogen-bond acceptors (Lipinski definition) is 4. The second-order valence-electron chi connectivity index (χ2n) is 6.99. The van der Waals surface area contributed by atoms with Crippen molar-refractivity contribution in [3.8, 4) is 0 Å². The van der Waals surface area contributed by atoms with Crippen LogP contribution in [0.4, 0.5) is 5.13 Å². The van der Waals surface area contributed by atoms with Crippen LogP contribution in [-0.2, 0) is 0 Å². The number of amides is 1. The maximum atomic E-state index is 13.3. The fourth-order valence-corrected chi connectivity index (χ4v) is 4.58. The van der Waals surface area contributed by atoms with Gasteiger partial charge in [-0.3, -0.25) is 9.69 Å². The number of hydrogen-bond donors (Lipinski definition) is 0. The molecule has 0 aliphatic carbocycles. The van der Waals surface area contributed by atoms with E-state index in [1.54, 1.807) is 11.3 Å². The van der Waals surface area contributed by atoms with Gasteiger partial charge in [-0.15, -0.1) is 12.4 Å². The zero-order valence-corrected chi connectivity index (χ0v) is 20.3. The van der Waals surface area contributed by atoms with Crippen molar-refractivity contribution in [1.82, 2.24) is 9.88 Å². The number of carbonyl (C=O) groups excluding carboxylic acids is 1. The van der Waals surface area contributed by atoms with E-state index < -0.39 is 0 Å². The molecular formula is C21H25ClIN3OS. The number of halogens is 2. The Morgan fingerprint density at radius 1 is 1.11 bits per heavy atom. The van der Waals surface area contributed by atoms with Crippen LogP contribution in [0.25, 0.3) is 10.2 Å². The van der Waals surface area contributed by atoms with Gasteiger partial charge < -0.3 is 4.90 Å². The lowest BCUT2D eigenvalue weighted by molar-refractivity contribution is 0.0985. The highest BCUT2D eigenvalue weighted by molar-refractivity contribution is 14.1. The summed E-state index contributed by atoms with van der Waals surface area (Å²) in [4.78, 5) is 22.1. The van der Waals surface area contributed by atoms with Crippen molar-refractivity contribution in [2.45, 2.75) is 20.3 Å². The zero-order chi connectivity index (χ0) is 19.6. The minimum absolute atomic E-state index is 0. The van der Waals surface area contributed by atoms with E-state index in [9.17, 15) is 4.79 Å². The predicted molar refractivity (Wildman–Crippen MR) is 130 cm³/mol. The molecule has 2 aromatic carbocycles. The number of thiazole rings is 1. The number of benzene rings is 2. The molecule has 0 atom stereocenters. The molecular weight excluding hydrogens is 505 g/mol. The standard InChI is InChI=1S/C21H24IN3OS.ClH/c1-14-12-18-19(13-15(14)2)27-21(23-18)25(11-7-10-24(3)4)20(26)16-8-5-6-9-17(16)22;/h5-6,8-9,12-13H,7,10-11H2,1-4H3;1H. The number of fused-ring (bicyclic) bond motifs is 1. The first-order chi connectivity index (χ1) is 12.9. The van der Waals surface area contributed by atoms with E-state index in [1.807, 2.05) is 29.2 Å². The lowest BCUT2D eigenvalue weighted by Gasteiger charge is -2.21. The molecule has 3 aromatic rings. The topological polar surface area (TPSA) is 36.4 Å². The number of rotatable bonds is 6. The molecule has 0 bridgehead atoms. The third-order valence-electron chi connectivity index (χ3n) is 4.56. The molecule has 1 heterocycles. The van der Waals surface area contributed by atoms with Gasteiger partial charge in [0.2, 0.25) is 0 Å². The van der Waals surface area contributed by atoms with E-state index in [4.69, 9.17) is 4.98 Å². The summed E-state index contributed by atoms with van der Waals surface area (Å²) in [6.45, 7) is 5.79. The smallest absolute Gasteiger partial charge is 0.261 e. The highest BCUT2D eigenvalue weighted by Gasteiger charge is 2.22. The van der Waals surface area contributed by atoms with E-state index in [1.165, 1.54) is 11.1 Å². The molecule has 4 nitrogen and oxygen atoms in total. The Morgan fingerprint density at radius 3 is 2.46 bits per heavy atom. The van der Waals surface area contributed by atoms with Crippen LogP contribution in [0.1, 0.15) is 27.9 Å². The van der Waals surface area contributed by atoms with E-state index >= 15 is 0 Å². The fourth-order valence-electron chi connectivity index (χ4n) is 2.89. The SMILES string of the molecule is Cc1cc2nc(N(CCCN(C)C)C(=O)c3ccccc3I)sc2cc1C.Cl. The van der Waals surface area contributed by atoms with E-state index in [-0.39, 0.29) is 18.3 Å². The number of aryl methyl sites for hydroxylation is 2. The Hall–Kier alpha value is -1.22. The molecule has 28 heavy (non-hydrogen) atoms. The van der Waals surface area contributed by atoms with Gasteiger partial charge in [-0.25, -0.2) is 4.98 Å². The molecule has 0 N–H and O–H groups in total. The quantitative estimate of drug-likeness (QED) is 0.394. The van der Waals surface area contributed by atoms with Gasteiger partial charge in [0.15, 0.2) is 5.13 Å². The third kappa shape index (κ3) is 5.23. The monoisotopic (exact) mass is 529 g/mol. The summed E-state index contributed by atoms with van der Waals surface area (Å²) in [5, 5.41) is 0.776. The molecule has 7 heteroatoms. The summed E-state index contributed by atoms with van der Waals surface area (Å²) >= 11 is 3.82. The average molecular weight is 530 g/mol. The maximum Gasteiger partial charge on any atom is 0.261 e. The summed E-state index contributed by atoms with van der Waals surface area (Å²) in [6, 6.07) is 12.0. The molecule has 0 unspecified atom stereocenters.